The first-order chi connectivity index (χ1) is 50.9. The molecule has 20 aromatic rings. The van der Waals surface area contributed by atoms with E-state index in [0.717, 1.165) is 133 Å². The molecule has 21 rings (SSSR count). The van der Waals surface area contributed by atoms with Crippen LogP contribution in [-0.2, 0) is 9.31 Å². The zero-order valence-corrected chi connectivity index (χ0v) is 59.0. The van der Waals surface area contributed by atoms with E-state index >= 15 is 0 Å². The van der Waals surface area contributed by atoms with Gasteiger partial charge >= 0.3 is 7.12 Å². The summed E-state index contributed by atoms with van der Waals surface area (Å²) in [4.78, 5) is 9.98. The molecular formula is C92H66BBrN6O4. The van der Waals surface area contributed by atoms with Crippen LogP contribution in [0.3, 0.4) is 0 Å². The van der Waals surface area contributed by atoms with Gasteiger partial charge in [-0.05, 0) is 184 Å². The molecule has 0 unspecified atom stereocenters. The number of benzene rings is 14. The zero-order valence-electron chi connectivity index (χ0n) is 57.4. The SMILES string of the molecule is Brc1ccc2oc3ccc(-n4c5ccccc5c5ccccc54)cc3c2c1.CC1(C)OB(c2ccc(-c3nc4ccccc4n3-c3ccccc3)cc2)OC1(C)C.c1ccc(-n2c(-c3ccc(-c4ccc5oc6ccc(-n7c8ccccc8c8ccccc87)cc6c5c4)cc3)nc3ccccc32)cc1. The molecule has 1 saturated heterocycles. The van der Waals surface area contributed by atoms with E-state index in [2.05, 4.69) is 353 Å². The second kappa shape index (κ2) is 25.0. The quantitative estimate of drug-likeness (QED) is 0.141. The number of hydrogen-bond acceptors (Lipinski definition) is 6. The molecule has 0 radical (unpaired) electrons. The Hall–Kier alpha value is -12.3. The average molecular weight is 1410 g/mol. The van der Waals surface area contributed by atoms with Gasteiger partial charge in [0.15, 0.2) is 0 Å². The Morgan fingerprint density at radius 2 is 0.615 bits per heavy atom. The Labute approximate surface area is 608 Å². The van der Waals surface area contributed by atoms with Crippen LogP contribution < -0.4 is 5.46 Å². The van der Waals surface area contributed by atoms with E-state index in [1.807, 2.05) is 36.4 Å². The first kappa shape index (κ1) is 62.7. The molecule has 10 nitrogen and oxygen atoms in total. The summed E-state index contributed by atoms with van der Waals surface area (Å²) in [6, 6.07) is 114. The summed E-state index contributed by atoms with van der Waals surface area (Å²) in [7, 11) is -0.364. The van der Waals surface area contributed by atoms with Gasteiger partial charge in [-0.15, -0.1) is 0 Å². The maximum absolute atomic E-state index is 6.33. The average Bonchev–Trinajstić information content (AvgIpc) is 1.60. The lowest BCUT2D eigenvalue weighted by molar-refractivity contribution is 0.00578. The van der Waals surface area contributed by atoms with Gasteiger partial charge in [-0.2, -0.15) is 0 Å². The van der Waals surface area contributed by atoms with E-state index in [4.69, 9.17) is 28.1 Å². The number of nitrogens with zero attached hydrogens (tertiary/aromatic N) is 6. The highest BCUT2D eigenvalue weighted by Crippen LogP contribution is 2.42. The van der Waals surface area contributed by atoms with Crippen molar-refractivity contribution >= 4 is 138 Å². The third-order valence-corrected chi connectivity index (χ3v) is 21.4. The fourth-order valence-corrected chi connectivity index (χ4v) is 15.4. The summed E-state index contributed by atoms with van der Waals surface area (Å²) in [6.07, 6.45) is 0. The highest BCUT2D eigenvalue weighted by atomic mass is 79.9. The van der Waals surface area contributed by atoms with Crippen LogP contribution in [0.15, 0.2) is 341 Å². The van der Waals surface area contributed by atoms with Gasteiger partial charge in [0.1, 0.15) is 34.0 Å². The number of para-hydroxylation sites is 10. The fraction of sp³-hybridized carbons (Fsp3) is 0.0652. The molecule has 7 heterocycles. The van der Waals surface area contributed by atoms with E-state index < -0.39 is 0 Å². The van der Waals surface area contributed by atoms with Crippen molar-refractivity contribution in [2.24, 2.45) is 0 Å². The minimum atomic E-state index is -0.364. The molecule has 0 amide bonds. The van der Waals surface area contributed by atoms with Gasteiger partial charge in [0.05, 0.1) is 55.3 Å². The van der Waals surface area contributed by atoms with Crippen LogP contribution in [0.4, 0.5) is 0 Å². The molecule has 0 N–H and O–H groups in total. The molecule has 104 heavy (non-hydrogen) atoms. The smallest absolute Gasteiger partial charge is 0.456 e. The van der Waals surface area contributed by atoms with Gasteiger partial charge in [-0.25, -0.2) is 9.97 Å². The predicted octanol–water partition coefficient (Wildman–Crippen LogP) is 23.8. The van der Waals surface area contributed by atoms with Gasteiger partial charge in [-0.1, -0.05) is 204 Å². The van der Waals surface area contributed by atoms with Crippen molar-refractivity contribution in [1.29, 1.82) is 0 Å². The van der Waals surface area contributed by atoms with E-state index in [1.54, 1.807) is 0 Å². The minimum absolute atomic E-state index is 0.350. The number of imidazole rings is 2. The summed E-state index contributed by atoms with van der Waals surface area (Å²) >= 11 is 3.58. The predicted molar refractivity (Wildman–Crippen MR) is 432 cm³/mol. The van der Waals surface area contributed by atoms with Crippen LogP contribution >= 0.6 is 15.9 Å². The van der Waals surface area contributed by atoms with Crippen LogP contribution in [-0.4, -0.2) is 46.6 Å². The zero-order chi connectivity index (χ0) is 69.8. The van der Waals surface area contributed by atoms with Crippen LogP contribution in [0, 0.1) is 0 Å². The third-order valence-electron chi connectivity index (χ3n) is 20.9. The highest BCUT2D eigenvalue weighted by molar-refractivity contribution is 9.10. The maximum atomic E-state index is 6.33. The van der Waals surface area contributed by atoms with Crippen molar-refractivity contribution in [3.8, 4) is 56.7 Å². The van der Waals surface area contributed by atoms with E-state index in [0.29, 0.717) is 0 Å². The molecular weight excluding hydrogens is 1340 g/mol. The summed E-state index contributed by atoms with van der Waals surface area (Å²) in [5.74, 6) is 1.85. The van der Waals surface area contributed by atoms with Crippen LogP contribution in [0.2, 0.25) is 0 Å². The number of rotatable bonds is 8. The molecule has 0 atom stereocenters. The summed E-state index contributed by atoms with van der Waals surface area (Å²) in [5, 5.41) is 9.52. The normalized spacial score (nSPS) is 13.5. The topological polar surface area (TPSA) is 90.2 Å². The van der Waals surface area contributed by atoms with Crippen molar-refractivity contribution in [3.63, 3.8) is 0 Å². The molecule has 14 aromatic carbocycles. The highest BCUT2D eigenvalue weighted by Gasteiger charge is 2.51. The fourth-order valence-electron chi connectivity index (χ4n) is 15.1. The molecule has 6 aromatic heterocycles. The second-order valence-electron chi connectivity index (χ2n) is 27.6. The summed E-state index contributed by atoms with van der Waals surface area (Å²) in [5.41, 5.74) is 21.7. The second-order valence-corrected chi connectivity index (χ2v) is 28.5. The molecule has 0 spiro atoms. The molecule has 1 aliphatic rings. The first-order valence-corrected chi connectivity index (χ1v) is 35.9. The van der Waals surface area contributed by atoms with E-state index in [1.165, 1.54) is 43.6 Å². The van der Waals surface area contributed by atoms with Crippen molar-refractivity contribution < 1.29 is 18.1 Å². The lowest BCUT2D eigenvalue weighted by Crippen LogP contribution is -2.41. The van der Waals surface area contributed by atoms with Gasteiger partial charge in [-0.3, -0.25) is 9.13 Å². The largest absolute Gasteiger partial charge is 0.494 e. The number of furan rings is 2. The molecule has 0 saturated carbocycles. The van der Waals surface area contributed by atoms with E-state index in [9.17, 15) is 0 Å². The van der Waals surface area contributed by atoms with Crippen molar-refractivity contribution in [2.45, 2.75) is 38.9 Å². The molecule has 0 bridgehead atoms. The maximum Gasteiger partial charge on any atom is 0.494 e. The Morgan fingerprint density at radius 3 is 1.06 bits per heavy atom. The van der Waals surface area contributed by atoms with Crippen LogP contribution in [0.5, 0.6) is 0 Å². The first-order valence-electron chi connectivity index (χ1n) is 35.1. The Kier molecular flexibility index (Phi) is 15.1. The lowest BCUT2D eigenvalue weighted by Gasteiger charge is -2.32. The summed E-state index contributed by atoms with van der Waals surface area (Å²) < 4.78 is 34.9. The molecule has 1 fully saturated rings. The van der Waals surface area contributed by atoms with Gasteiger partial charge in [0.2, 0.25) is 0 Å². The molecule has 1 aliphatic heterocycles. The van der Waals surface area contributed by atoms with Crippen molar-refractivity contribution in [2.75, 3.05) is 0 Å². The van der Waals surface area contributed by atoms with Crippen molar-refractivity contribution in [3.05, 3.63) is 332 Å². The monoisotopic (exact) mass is 1410 g/mol. The molecule has 498 valence electrons. The van der Waals surface area contributed by atoms with Crippen LogP contribution in [0.25, 0.3) is 166 Å². The van der Waals surface area contributed by atoms with Gasteiger partial charge in [0.25, 0.3) is 0 Å². The summed E-state index contributed by atoms with van der Waals surface area (Å²) in [6.45, 7) is 8.29. The van der Waals surface area contributed by atoms with Gasteiger partial charge < -0.3 is 27.3 Å². The van der Waals surface area contributed by atoms with Crippen LogP contribution in [0.1, 0.15) is 27.7 Å². The number of aromatic nitrogens is 6. The Morgan fingerprint density at radius 1 is 0.279 bits per heavy atom. The molecule has 12 heteroatoms. The number of hydrogen-bond donors (Lipinski definition) is 0. The number of halogens is 1. The molecule has 0 aliphatic carbocycles. The number of fused-ring (bicyclic) bond motifs is 14. The van der Waals surface area contributed by atoms with Crippen molar-refractivity contribution in [1.82, 2.24) is 28.2 Å². The Balaban J connectivity index is 0.000000113. The lowest BCUT2D eigenvalue weighted by atomic mass is 9.79. The Bertz CT molecular complexity index is 6580. The van der Waals surface area contributed by atoms with E-state index in [-0.39, 0.29) is 18.3 Å². The standard InChI is InChI=1S/C43H27N3O.C25H25BN2O2.C24H14BrNO/c1-2-10-31(11-3-1)46-40-17-9-6-14-37(40)44-43(46)29-20-18-28(19-21-29)30-22-24-41-35(26-30)36-27-32(23-25-42(36)47-41)45-38-15-7-4-12-33(38)34-13-5-8-16-39(34)45;1-24(2)25(3,4)30-26(29-24)19-16-14-18(15-17-19)23-27-21-12-8-9-13-22(21)28(23)20-10-6-5-7-11-20;25-15-9-11-23-19(13-15)20-14-16(10-12-24(20)27-23)26-21-7-3-1-5-17(21)18-6-2-4-8-22(18)26/h1-27H;5-17H,1-4H3;1-14H. The van der Waals surface area contributed by atoms with Gasteiger partial charge in [0, 0.05) is 81.4 Å². The third kappa shape index (κ3) is 10.7. The minimum Gasteiger partial charge on any atom is -0.456 e.